The molecule has 0 spiro atoms. The van der Waals surface area contributed by atoms with Crippen LogP contribution in [0.15, 0.2) is 103 Å². The molecule has 0 aliphatic heterocycles. The van der Waals surface area contributed by atoms with E-state index < -0.39 is 49.3 Å². The Bertz CT molecular complexity index is 1770. The number of fused-ring (bicyclic) bond motifs is 1. The quantitative estimate of drug-likeness (QED) is 0.141. The number of benzene rings is 3. The minimum Gasteiger partial charge on any atom is -0.423 e. The first-order valence-corrected chi connectivity index (χ1v) is 14.8. The molecule has 0 amide bonds. The van der Waals surface area contributed by atoms with Crippen molar-refractivity contribution in [3.63, 3.8) is 0 Å². The summed E-state index contributed by atoms with van der Waals surface area (Å²) < 4.78 is 161. The first-order chi connectivity index (χ1) is 19.7. The summed E-state index contributed by atoms with van der Waals surface area (Å²) in [6, 6.07) is 15.9. The maximum atomic E-state index is 15.0. The van der Waals surface area contributed by atoms with Gasteiger partial charge in [-0.15, -0.1) is 0 Å². The third-order valence-electron chi connectivity index (χ3n) is 6.25. The number of alkyl halides is 9. The van der Waals surface area contributed by atoms with Crippen LogP contribution in [0.25, 0.3) is 11.0 Å². The lowest BCUT2D eigenvalue weighted by atomic mass is 10.1. The highest BCUT2D eigenvalue weighted by atomic mass is 32.3. The van der Waals surface area contributed by atoms with Crippen molar-refractivity contribution in [1.29, 1.82) is 0 Å². The van der Waals surface area contributed by atoms with Gasteiger partial charge in [0, 0.05) is 26.1 Å². The summed E-state index contributed by atoms with van der Waals surface area (Å²) in [7, 11) is -11.6. The number of hydrogen-bond donors (Lipinski definition) is 0. The molecule has 1 aromatic heterocycles. The second-order valence-electron chi connectivity index (χ2n) is 9.32. The zero-order valence-electron chi connectivity index (χ0n) is 21.8. The van der Waals surface area contributed by atoms with E-state index in [1.54, 1.807) is 13.8 Å². The SMILES string of the molecule is Cc1ccc(S(OS(=O)(=O)C(F)(F)C(F)(F)C(F)(F)C(F)(F)F)(c2ccc(C)cc2)c2ccc3ccc(=O)oc3c2)cc1. The summed E-state index contributed by atoms with van der Waals surface area (Å²) in [4.78, 5) is 11.0. The van der Waals surface area contributed by atoms with E-state index in [0.717, 1.165) is 18.2 Å². The van der Waals surface area contributed by atoms with Crippen molar-refractivity contribution in [3.8, 4) is 0 Å². The van der Waals surface area contributed by atoms with Crippen LogP contribution >= 0.6 is 10.3 Å². The van der Waals surface area contributed by atoms with Gasteiger partial charge in [0.2, 0.25) is 0 Å². The number of rotatable bonds is 8. The van der Waals surface area contributed by atoms with Gasteiger partial charge in [-0.2, -0.15) is 47.9 Å². The van der Waals surface area contributed by atoms with Gasteiger partial charge in [-0.25, -0.2) is 8.42 Å². The summed E-state index contributed by atoms with van der Waals surface area (Å²) in [5.74, 6) is -15.0. The normalized spacial score (nSPS) is 14.2. The fraction of sp³-hybridized carbons (Fsp3) is 0.222. The third kappa shape index (κ3) is 5.29. The van der Waals surface area contributed by atoms with Crippen molar-refractivity contribution < 1.29 is 56.0 Å². The maximum Gasteiger partial charge on any atom is 0.460 e. The Balaban J connectivity index is 2.09. The molecule has 0 aliphatic rings. The molecule has 43 heavy (non-hydrogen) atoms. The molecule has 0 atom stereocenters. The number of aryl methyl sites for hydroxylation is 2. The lowest BCUT2D eigenvalue weighted by molar-refractivity contribution is -0.382. The summed E-state index contributed by atoms with van der Waals surface area (Å²) >= 11 is 0. The van der Waals surface area contributed by atoms with Gasteiger partial charge >= 0.3 is 39.0 Å². The van der Waals surface area contributed by atoms with E-state index >= 15 is 8.78 Å². The van der Waals surface area contributed by atoms with Gasteiger partial charge in [0.15, 0.2) is 0 Å². The molecule has 3 aromatic carbocycles. The van der Waals surface area contributed by atoms with E-state index in [1.807, 2.05) is 0 Å². The van der Waals surface area contributed by atoms with Crippen molar-refractivity contribution in [1.82, 2.24) is 0 Å². The Morgan fingerprint density at radius 2 is 1.07 bits per heavy atom. The zero-order chi connectivity index (χ0) is 32.2. The number of hydrogen-bond acceptors (Lipinski definition) is 5. The highest BCUT2D eigenvalue weighted by Gasteiger charge is 2.86. The van der Waals surface area contributed by atoms with E-state index in [4.69, 9.17) is 8.05 Å². The molecule has 0 bridgehead atoms. The van der Waals surface area contributed by atoms with Gasteiger partial charge in [0.1, 0.15) is 5.58 Å². The molecule has 5 nitrogen and oxygen atoms in total. The molecular weight excluding hydrogens is 639 g/mol. The average Bonchev–Trinajstić information content (AvgIpc) is 2.91. The van der Waals surface area contributed by atoms with Crippen LogP contribution in [0.2, 0.25) is 0 Å². The summed E-state index contributed by atoms with van der Waals surface area (Å²) in [6.07, 6.45) is -7.26. The molecule has 232 valence electrons. The summed E-state index contributed by atoms with van der Waals surface area (Å²) in [5, 5.41) is -6.87. The monoisotopic (exact) mass is 658 g/mol. The Morgan fingerprint density at radius 3 is 1.53 bits per heavy atom. The molecule has 0 radical (unpaired) electrons. The second kappa shape index (κ2) is 10.6. The lowest BCUT2D eigenvalue weighted by Gasteiger charge is -2.41. The van der Waals surface area contributed by atoms with E-state index in [0.29, 0.717) is 11.1 Å². The predicted molar refractivity (Wildman–Crippen MR) is 138 cm³/mol. The number of halogens is 9. The van der Waals surface area contributed by atoms with Crippen LogP contribution in [0.5, 0.6) is 0 Å². The molecule has 0 saturated carbocycles. The largest absolute Gasteiger partial charge is 0.460 e. The fourth-order valence-corrected chi connectivity index (χ4v) is 9.09. The Hall–Kier alpha value is -3.50. The smallest absolute Gasteiger partial charge is 0.423 e. The van der Waals surface area contributed by atoms with Gasteiger partial charge in [0.05, 0.1) is 0 Å². The molecule has 0 aliphatic carbocycles. The van der Waals surface area contributed by atoms with Crippen LogP contribution in [0, 0.1) is 13.8 Å². The first kappa shape index (κ1) is 32.4. The molecule has 0 N–H and O–H groups in total. The maximum absolute atomic E-state index is 15.0. The van der Waals surface area contributed by atoms with Crippen molar-refractivity contribution in [2.45, 2.75) is 51.8 Å². The van der Waals surface area contributed by atoms with Crippen molar-refractivity contribution >= 4 is 31.4 Å². The van der Waals surface area contributed by atoms with Gasteiger partial charge in [-0.05, 0) is 66.6 Å². The first-order valence-electron chi connectivity index (χ1n) is 11.8. The van der Waals surface area contributed by atoms with Crippen LogP contribution in [0.4, 0.5) is 39.5 Å². The Morgan fingerprint density at radius 1 is 0.628 bits per heavy atom. The van der Waals surface area contributed by atoms with Crippen LogP contribution in [-0.4, -0.2) is 31.7 Å². The molecule has 0 saturated heterocycles. The minimum atomic E-state index is -7.51. The van der Waals surface area contributed by atoms with Gasteiger partial charge in [0.25, 0.3) is 0 Å². The molecule has 1 heterocycles. The van der Waals surface area contributed by atoms with Gasteiger partial charge in [-0.1, -0.05) is 41.5 Å². The third-order valence-corrected chi connectivity index (χ3v) is 11.5. The molecule has 4 rings (SSSR count). The van der Waals surface area contributed by atoms with Crippen LogP contribution in [0.3, 0.4) is 0 Å². The van der Waals surface area contributed by atoms with Crippen molar-refractivity contribution in [3.05, 3.63) is 100 Å². The standard InChI is InChI=1S/C27H19F9O5S2/c1-16-3-9-19(10-4-16)42(20-11-5-17(2)6-12-20,21-13-7-18-8-14-23(37)40-22(18)15-21)41-43(38,39)27(35,36)25(30,31)24(28,29)26(32,33)34/h3-15H,1-2H3. The molecular formula is C27H19F9O5S2. The Kier molecular flexibility index (Phi) is 7.98. The topological polar surface area (TPSA) is 73.6 Å². The highest BCUT2D eigenvalue weighted by molar-refractivity contribution is 8.33. The van der Waals surface area contributed by atoms with Crippen LogP contribution in [0.1, 0.15) is 11.1 Å². The Labute approximate surface area is 239 Å². The second-order valence-corrected chi connectivity index (χ2v) is 13.8. The van der Waals surface area contributed by atoms with Crippen LogP contribution in [-0.2, 0) is 13.7 Å². The minimum absolute atomic E-state index is 0.234. The van der Waals surface area contributed by atoms with E-state index in [-0.39, 0.29) is 25.7 Å². The van der Waals surface area contributed by atoms with Crippen molar-refractivity contribution in [2.75, 3.05) is 0 Å². The molecule has 16 heteroatoms. The fourth-order valence-electron chi connectivity index (χ4n) is 3.90. The predicted octanol–water partition coefficient (Wildman–Crippen LogP) is 8.38. The molecule has 4 aromatic rings. The lowest BCUT2D eigenvalue weighted by Crippen LogP contribution is -2.63. The molecule has 0 unspecified atom stereocenters. The van der Waals surface area contributed by atoms with E-state index in [9.17, 15) is 43.9 Å². The van der Waals surface area contributed by atoms with Gasteiger partial charge in [-0.3, -0.25) is 0 Å². The van der Waals surface area contributed by atoms with E-state index in [2.05, 4.69) is 0 Å². The zero-order valence-corrected chi connectivity index (χ0v) is 23.4. The van der Waals surface area contributed by atoms with E-state index in [1.165, 1.54) is 60.7 Å². The molecule has 0 fully saturated rings. The summed E-state index contributed by atoms with van der Waals surface area (Å²) in [6.45, 7) is 3.17. The van der Waals surface area contributed by atoms with Crippen LogP contribution < -0.4 is 5.63 Å². The van der Waals surface area contributed by atoms with Gasteiger partial charge < -0.3 is 4.42 Å². The van der Waals surface area contributed by atoms with Crippen molar-refractivity contribution in [2.24, 2.45) is 0 Å². The summed E-state index contributed by atoms with van der Waals surface area (Å²) in [5.41, 5.74) is -0.0159. The highest BCUT2D eigenvalue weighted by Crippen LogP contribution is 2.71. The average molecular weight is 659 g/mol.